The van der Waals surface area contributed by atoms with Gasteiger partial charge >= 0.3 is 0 Å². The van der Waals surface area contributed by atoms with Gasteiger partial charge in [0.15, 0.2) is 0 Å². The zero-order valence-corrected chi connectivity index (χ0v) is 14.6. The van der Waals surface area contributed by atoms with Crippen molar-refractivity contribution in [3.63, 3.8) is 0 Å². The number of aliphatic hydroxyl groups is 1. The summed E-state index contributed by atoms with van der Waals surface area (Å²) in [5.41, 5.74) is 1.17. The van der Waals surface area contributed by atoms with Gasteiger partial charge in [-0.1, -0.05) is 0 Å². The monoisotopic (exact) mass is 336 g/mol. The maximum absolute atomic E-state index is 12.6. The molecule has 0 bridgehead atoms. The predicted octanol–water partition coefficient (Wildman–Crippen LogP) is 0.0652. The van der Waals surface area contributed by atoms with Crippen LogP contribution in [-0.4, -0.2) is 82.6 Å². The fourth-order valence-corrected chi connectivity index (χ4v) is 3.46. The van der Waals surface area contributed by atoms with E-state index in [0.717, 1.165) is 32.6 Å². The van der Waals surface area contributed by atoms with Gasteiger partial charge in [-0.05, 0) is 24.8 Å². The molecule has 0 aromatic carbocycles. The number of piperazine rings is 1. The molecular formula is C17H28N4O3. The lowest BCUT2D eigenvalue weighted by Gasteiger charge is -2.35. The SMILES string of the molecule is CCOC[C@H](O)CN1CCN(C(=O)[C@H]2C[C@H]2c2cnn(C)c2)CC1. The van der Waals surface area contributed by atoms with Crippen LogP contribution in [-0.2, 0) is 16.6 Å². The third-order valence-corrected chi connectivity index (χ3v) is 4.93. The molecule has 1 aromatic heterocycles. The molecule has 1 N–H and O–H groups in total. The molecule has 1 aromatic rings. The summed E-state index contributed by atoms with van der Waals surface area (Å²) in [5, 5.41) is 14.1. The predicted molar refractivity (Wildman–Crippen MR) is 89.6 cm³/mol. The fourth-order valence-electron chi connectivity index (χ4n) is 3.46. The first kappa shape index (κ1) is 17.4. The molecule has 0 spiro atoms. The minimum absolute atomic E-state index is 0.129. The minimum Gasteiger partial charge on any atom is -0.389 e. The van der Waals surface area contributed by atoms with Gasteiger partial charge in [-0.3, -0.25) is 14.4 Å². The molecule has 1 aliphatic carbocycles. The second-order valence-corrected chi connectivity index (χ2v) is 6.84. The number of amides is 1. The quantitative estimate of drug-likeness (QED) is 0.763. The lowest BCUT2D eigenvalue weighted by molar-refractivity contribution is -0.134. The van der Waals surface area contributed by atoms with Gasteiger partial charge in [0, 0.05) is 58.5 Å². The van der Waals surface area contributed by atoms with Crippen molar-refractivity contribution in [3.8, 4) is 0 Å². The van der Waals surface area contributed by atoms with Gasteiger partial charge < -0.3 is 14.7 Å². The summed E-state index contributed by atoms with van der Waals surface area (Å²) in [7, 11) is 1.90. The first-order valence-electron chi connectivity index (χ1n) is 8.84. The zero-order valence-electron chi connectivity index (χ0n) is 14.6. The van der Waals surface area contributed by atoms with Gasteiger partial charge in [-0.15, -0.1) is 0 Å². The van der Waals surface area contributed by atoms with E-state index in [2.05, 4.69) is 10.00 Å². The molecule has 2 heterocycles. The number of aryl methyl sites for hydroxylation is 1. The summed E-state index contributed by atoms with van der Waals surface area (Å²) in [5.74, 6) is 0.750. The Morgan fingerprint density at radius 3 is 2.79 bits per heavy atom. The highest BCUT2D eigenvalue weighted by molar-refractivity contribution is 5.83. The third-order valence-electron chi connectivity index (χ3n) is 4.93. The first-order chi connectivity index (χ1) is 11.6. The largest absolute Gasteiger partial charge is 0.389 e. The molecule has 3 rings (SSSR count). The molecule has 3 atom stereocenters. The highest BCUT2D eigenvalue weighted by atomic mass is 16.5. The molecule has 1 saturated heterocycles. The number of aromatic nitrogens is 2. The molecule has 2 fully saturated rings. The lowest BCUT2D eigenvalue weighted by Crippen LogP contribution is -2.51. The van der Waals surface area contributed by atoms with Crippen LogP contribution in [0, 0.1) is 5.92 Å². The number of hydrogen-bond acceptors (Lipinski definition) is 5. The van der Waals surface area contributed by atoms with Crippen LogP contribution in [0.2, 0.25) is 0 Å². The number of β-amino-alcohol motifs (C(OH)–C–C–N with tert-alkyl or cyclic N) is 1. The molecule has 1 amide bonds. The Labute approximate surface area is 143 Å². The molecule has 24 heavy (non-hydrogen) atoms. The van der Waals surface area contributed by atoms with Gasteiger partial charge in [0.25, 0.3) is 0 Å². The molecule has 7 nitrogen and oxygen atoms in total. The van der Waals surface area contributed by atoms with Crippen LogP contribution in [0.1, 0.15) is 24.8 Å². The Morgan fingerprint density at radius 1 is 1.42 bits per heavy atom. The number of carbonyl (C=O) groups excluding carboxylic acids is 1. The van der Waals surface area contributed by atoms with E-state index in [4.69, 9.17) is 4.74 Å². The molecule has 7 heteroatoms. The summed E-state index contributed by atoms with van der Waals surface area (Å²) in [6, 6.07) is 0. The summed E-state index contributed by atoms with van der Waals surface area (Å²) in [6.45, 7) is 6.67. The van der Waals surface area contributed by atoms with Gasteiger partial charge in [-0.25, -0.2) is 0 Å². The van der Waals surface area contributed by atoms with Crippen LogP contribution in [0.4, 0.5) is 0 Å². The Hall–Kier alpha value is -1.44. The average molecular weight is 336 g/mol. The molecule has 0 unspecified atom stereocenters. The fraction of sp³-hybridized carbons (Fsp3) is 0.765. The minimum atomic E-state index is -0.453. The van der Waals surface area contributed by atoms with Crippen molar-refractivity contribution in [3.05, 3.63) is 18.0 Å². The van der Waals surface area contributed by atoms with Crippen LogP contribution < -0.4 is 0 Å². The topological polar surface area (TPSA) is 70.8 Å². The number of ether oxygens (including phenoxy) is 1. The van der Waals surface area contributed by atoms with E-state index < -0.39 is 6.10 Å². The van der Waals surface area contributed by atoms with Gasteiger partial charge in [0.05, 0.1) is 18.9 Å². The van der Waals surface area contributed by atoms with Gasteiger partial charge in [0.2, 0.25) is 5.91 Å². The van der Waals surface area contributed by atoms with Crippen molar-refractivity contribution in [1.82, 2.24) is 19.6 Å². The van der Waals surface area contributed by atoms with Crippen molar-refractivity contribution in [2.75, 3.05) is 45.9 Å². The van der Waals surface area contributed by atoms with Crippen LogP contribution in [0.15, 0.2) is 12.4 Å². The van der Waals surface area contributed by atoms with Crippen molar-refractivity contribution in [1.29, 1.82) is 0 Å². The average Bonchev–Trinajstić information content (AvgIpc) is 3.27. The van der Waals surface area contributed by atoms with Crippen molar-refractivity contribution >= 4 is 5.91 Å². The molecule has 1 aliphatic heterocycles. The Balaban J connectivity index is 1.41. The van der Waals surface area contributed by atoms with Crippen LogP contribution >= 0.6 is 0 Å². The zero-order chi connectivity index (χ0) is 17.1. The Bertz CT molecular complexity index is 554. The van der Waals surface area contributed by atoms with E-state index in [0.29, 0.717) is 25.7 Å². The van der Waals surface area contributed by atoms with Crippen molar-refractivity contribution < 1.29 is 14.6 Å². The first-order valence-corrected chi connectivity index (χ1v) is 8.84. The number of aliphatic hydroxyl groups excluding tert-OH is 1. The van der Waals surface area contributed by atoms with Gasteiger partial charge in [-0.2, -0.15) is 5.10 Å². The number of hydrogen-bond donors (Lipinski definition) is 1. The van der Waals surface area contributed by atoms with E-state index in [9.17, 15) is 9.90 Å². The van der Waals surface area contributed by atoms with E-state index in [1.54, 1.807) is 4.68 Å². The summed E-state index contributed by atoms with van der Waals surface area (Å²) < 4.78 is 7.04. The molecule has 2 aliphatic rings. The van der Waals surface area contributed by atoms with Crippen LogP contribution in [0.5, 0.6) is 0 Å². The third kappa shape index (κ3) is 4.15. The lowest BCUT2D eigenvalue weighted by atomic mass is 10.1. The maximum atomic E-state index is 12.6. The molecule has 0 radical (unpaired) electrons. The molecule has 1 saturated carbocycles. The van der Waals surface area contributed by atoms with E-state index in [1.807, 2.05) is 31.3 Å². The van der Waals surface area contributed by atoms with Gasteiger partial charge in [0.1, 0.15) is 0 Å². The standard InChI is InChI=1S/C17H28N4O3/c1-3-24-12-14(22)11-20-4-6-21(7-5-20)17(23)16-8-15(16)13-9-18-19(2)10-13/h9-10,14-16,22H,3-8,11-12H2,1-2H3/t14-,15+,16+/m1/s1. The normalized spacial score (nSPS) is 25.7. The highest BCUT2D eigenvalue weighted by Gasteiger charge is 2.46. The smallest absolute Gasteiger partial charge is 0.226 e. The second-order valence-electron chi connectivity index (χ2n) is 6.84. The highest BCUT2D eigenvalue weighted by Crippen LogP contribution is 2.48. The van der Waals surface area contributed by atoms with Crippen LogP contribution in [0.25, 0.3) is 0 Å². The van der Waals surface area contributed by atoms with E-state index >= 15 is 0 Å². The number of carbonyl (C=O) groups is 1. The van der Waals surface area contributed by atoms with Crippen molar-refractivity contribution in [2.24, 2.45) is 13.0 Å². The van der Waals surface area contributed by atoms with Crippen molar-refractivity contribution in [2.45, 2.75) is 25.4 Å². The van der Waals surface area contributed by atoms with Crippen LogP contribution in [0.3, 0.4) is 0 Å². The second kappa shape index (κ2) is 7.63. The summed E-state index contributed by atoms with van der Waals surface area (Å²) in [6.07, 6.45) is 4.37. The summed E-state index contributed by atoms with van der Waals surface area (Å²) >= 11 is 0. The molecule has 134 valence electrons. The van der Waals surface area contributed by atoms with E-state index in [-0.39, 0.29) is 11.8 Å². The van der Waals surface area contributed by atoms with E-state index in [1.165, 1.54) is 5.56 Å². The number of rotatable bonds is 7. The Kier molecular flexibility index (Phi) is 5.53. The Morgan fingerprint density at radius 2 is 2.17 bits per heavy atom. The summed E-state index contributed by atoms with van der Waals surface area (Å²) in [4.78, 5) is 16.8. The number of nitrogens with zero attached hydrogens (tertiary/aromatic N) is 4. The molecular weight excluding hydrogens is 308 g/mol. The maximum Gasteiger partial charge on any atom is 0.226 e.